The van der Waals surface area contributed by atoms with Crippen molar-refractivity contribution < 1.29 is 19.0 Å². The first-order valence-electron chi connectivity index (χ1n) is 11.0. The fourth-order valence-corrected chi connectivity index (χ4v) is 4.48. The van der Waals surface area contributed by atoms with Crippen LogP contribution < -0.4 is 25.2 Å². The van der Waals surface area contributed by atoms with Gasteiger partial charge < -0.3 is 14.2 Å². The van der Waals surface area contributed by atoms with Crippen LogP contribution in [0.5, 0.6) is 17.2 Å². The van der Waals surface area contributed by atoms with Crippen molar-refractivity contribution in [2.45, 2.75) is 5.16 Å². The summed E-state index contributed by atoms with van der Waals surface area (Å²) in [5.41, 5.74) is 4.02. The van der Waals surface area contributed by atoms with Crippen molar-refractivity contribution >= 4 is 46.4 Å². The summed E-state index contributed by atoms with van der Waals surface area (Å²) in [6, 6.07) is 17.3. The van der Waals surface area contributed by atoms with E-state index in [2.05, 4.69) is 15.5 Å². The van der Waals surface area contributed by atoms with Crippen LogP contribution in [-0.4, -0.2) is 48.8 Å². The molecule has 4 aromatic rings. The van der Waals surface area contributed by atoms with Gasteiger partial charge in [-0.15, -0.1) is 0 Å². The molecule has 0 aliphatic rings. The molecule has 190 valence electrons. The minimum absolute atomic E-state index is 0.0229. The molecule has 0 aliphatic carbocycles. The van der Waals surface area contributed by atoms with Gasteiger partial charge in [0.2, 0.25) is 5.75 Å². The molecular formula is C26H23ClN4O5S. The standard InChI is InChI=1S/C26H23ClN4O5S/c1-34-21-12-16(13-22(35-2)24(21)36-3)14-28-30-23(32)15-37-26-29-20-7-5-4-6-19(20)25(33)31(26)18-10-8-17(27)9-11-18/h4-14H,15H2,1-3H3,(H,30,32)/b28-14+. The number of aromatic nitrogens is 2. The first kappa shape index (κ1) is 26.1. The third-order valence-corrected chi connectivity index (χ3v) is 6.44. The highest BCUT2D eigenvalue weighted by molar-refractivity contribution is 7.99. The van der Waals surface area contributed by atoms with Crippen molar-refractivity contribution in [3.8, 4) is 22.9 Å². The molecule has 0 atom stereocenters. The lowest BCUT2D eigenvalue weighted by atomic mass is 10.2. The minimum Gasteiger partial charge on any atom is -0.493 e. The number of fused-ring (bicyclic) bond motifs is 1. The molecule has 0 unspecified atom stereocenters. The van der Waals surface area contributed by atoms with Crippen molar-refractivity contribution in [3.63, 3.8) is 0 Å². The van der Waals surface area contributed by atoms with Gasteiger partial charge in [0.05, 0.1) is 49.9 Å². The van der Waals surface area contributed by atoms with Crippen molar-refractivity contribution in [2.75, 3.05) is 27.1 Å². The Morgan fingerprint density at radius 3 is 2.38 bits per heavy atom. The number of carbonyl (C=O) groups excluding carboxylic acids is 1. The van der Waals surface area contributed by atoms with E-state index in [0.717, 1.165) is 11.8 Å². The average Bonchev–Trinajstić information content (AvgIpc) is 2.92. The van der Waals surface area contributed by atoms with Crippen LogP contribution in [0.2, 0.25) is 5.02 Å². The Balaban J connectivity index is 1.53. The quantitative estimate of drug-likeness (QED) is 0.146. The van der Waals surface area contributed by atoms with Gasteiger partial charge >= 0.3 is 0 Å². The maximum Gasteiger partial charge on any atom is 0.266 e. The van der Waals surface area contributed by atoms with Gasteiger partial charge in [-0.3, -0.25) is 14.2 Å². The second-order valence-electron chi connectivity index (χ2n) is 7.57. The number of hydrazone groups is 1. The zero-order chi connectivity index (χ0) is 26.4. The van der Waals surface area contributed by atoms with E-state index in [1.165, 1.54) is 32.1 Å². The van der Waals surface area contributed by atoms with Gasteiger partial charge in [0, 0.05) is 10.6 Å². The van der Waals surface area contributed by atoms with Crippen molar-refractivity contribution in [1.82, 2.24) is 15.0 Å². The molecule has 1 heterocycles. The lowest BCUT2D eigenvalue weighted by molar-refractivity contribution is -0.118. The molecule has 0 fully saturated rings. The van der Waals surface area contributed by atoms with E-state index >= 15 is 0 Å². The number of nitrogens with one attached hydrogen (secondary N) is 1. The van der Waals surface area contributed by atoms with Gasteiger partial charge in [0.15, 0.2) is 16.7 Å². The number of amides is 1. The number of nitrogens with zero attached hydrogens (tertiary/aromatic N) is 3. The van der Waals surface area contributed by atoms with Crippen LogP contribution in [0.15, 0.2) is 75.7 Å². The molecule has 3 aromatic carbocycles. The third-order valence-electron chi connectivity index (χ3n) is 5.25. The van der Waals surface area contributed by atoms with E-state index in [1.54, 1.807) is 60.7 Å². The van der Waals surface area contributed by atoms with Crippen molar-refractivity contribution in [1.29, 1.82) is 0 Å². The molecule has 0 saturated heterocycles. The van der Waals surface area contributed by atoms with E-state index in [0.29, 0.717) is 49.6 Å². The number of thioether (sulfide) groups is 1. The summed E-state index contributed by atoms with van der Waals surface area (Å²) in [6.07, 6.45) is 1.46. The maximum atomic E-state index is 13.3. The summed E-state index contributed by atoms with van der Waals surface area (Å²) >= 11 is 7.15. The Labute approximate surface area is 222 Å². The number of hydrogen-bond acceptors (Lipinski definition) is 8. The molecule has 9 nitrogen and oxygen atoms in total. The highest BCUT2D eigenvalue weighted by atomic mass is 35.5. The number of benzene rings is 3. The van der Waals surface area contributed by atoms with Gasteiger partial charge in [-0.1, -0.05) is 35.5 Å². The number of halogens is 1. The molecule has 0 bridgehead atoms. The molecule has 4 rings (SSSR count). The smallest absolute Gasteiger partial charge is 0.266 e. The molecule has 0 spiro atoms. The molecular weight excluding hydrogens is 516 g/mol. The summed E-state index contributed by atoms with van der Waals surface area (Å²) in [5.74, 6) is 0.988. The minimum atomic E-state index is -0.376. The van der Waals surface area contributed by atoms with E-state index in [9.17, 15) is 9.59 Å². The largest absolute Gasteiger partial charge is 0.493 e. The van der Waals surface area contributed by atoms with Gasteiger partial charge in [-0.25, -0.2) is 10.4 Å². The van der Waals surface area contributed by atoms with Crippen LogP contribution in [0.4, 0.5) is 0 Å². The molecule has 0 radical (unpaired) electrons. The lowest BCUT2D eigenvalue weighted by Crippen LogP contribution is -2.24. The number of ether oxygens (including phenoxy) is 3. The van der Waals surface area contributed by atoms with E-state index in [4.69, 9.17) is 25.8 Å². The van der Waals surface area contributed by atoms with E-state index in [-0.39, 0.29) is 17.2 Å². The monoisotopic (exact) mass is 538 g/mol. The summed E-state index contributed by atoms with van der Waals surface area (Å²) in [6.45, 7) is 0. The third kappa shape index (κ3) is 5.87. The van der Waals surface area contributed by atoms with Crippen molar-refractivity contribution in [2.24, 2.45) is 5.10 Å². The molecule has 1 N–H and O–H groups in total. The zero-order valence-corrected chi connectivity index (χ0v) is 21.8. The van der Waals surface area contributed by atoms with Crippen LogP contribution in [0.1, 0.15) is 5.56 Å². The first-order valence-corrected chi connectivity index (χ1v) is 12.3. The second kappa shape index (κ2) is 11.8. The number of rotatable bonds is 9. The van der Waals surface area contributed by atoms with Crippen LogP contribution in [0.25, 0.3) is 16.6 Å². The first-order chi connectivity index (χ1) is 17.9. The highest BCUT2D eigenvalue weighted by Gasteiger charge is 2.15. The normalized spacial score (nSPS) is 11.0. The Hall–Kier alpha value is -4.02. The van der Waals surface area contributed by atoms with Crippen LogP contribution >= 0.6 is 23.4 Å². The Morgan fingerprint density at radius 1 is 1.05 bits per heavy atom. The molecule has 0 saturated carbocycles. The lowest BCUT2D eigenvalue weighted by Gasteiger charge is -2.13. The van der Waals surface area contributed by atoms with E-state index in [1.807, 2.05) is 0 Å². The second-order valence-corrected chi connectivity index (χ2v) is 8.95. The van der Waals surface area contributed by atoms with Gasteiger partial charge in [-0.05, 0) is 48.5 Å². The fourth-order valence-electron chi connectivity index (χ4n) is 3.54. The summed E-state index contributed by atoms with van der Waals surface area (Å²) in [7, 11) is 4.55. The summed E-state index contributed by atoms with van der Waals surface area (Å²) < 4.78 is 17.4. The van der Waals surface area contributed by atoms with E-state index < -0.39 is 0 Å². The molecule has 1 amide bonds. The Bertz CT molecular complexity index is 1500. The molecule has 0 aliphatic heterocycles. The zero-order valence-electron chi connectivity index (χ0n) is 20.2. The molecule has 11 heteroatoms. The average molecular weight is 539 g/mol. The molecule has 1 aromatic heterocycles. The fraction of sp³-hybridized carbons (Fsp3) is 0.154. The summed E-state index contributed by atoms with van der Waals surface area (Å²) in [5, 5.41) is 5.41. The van der Waals surface area contributed by atoms with Crippen LogP contribution in [0.3, 0.4) is 0 Å². The predicted octanol–water partition coefficient (Wildman–Crippen LogP) is 4.31. The highest BCUT2D eigenvalue weighted by Crippen LogP contribution is 2.37. The maximum absolute atomic E-state index is 13.3. The number of carbonyl (C=O) groups is 1. The van der Waals surface area contributed by atoms with Crippen molar-refractivity contribution in [3.05, 3.63) is 81.6 Å². The number of hydrogen-bond donors (Lipinski definition) is 1. The van der Waals surface area contributed by atoms with Gasteiger partial charge in [0.1, 0.15) is 0 Å². The Morgan fingerprint density at radius 2 is 1.73 bits per heavy atom. The predicted molar refractivity (Wildman–Crippen MR) is 145 cm³/mol. The SMILES string of the molecule is COc1cc(/C=N/NC(=O)CSc2nc3ccccc3c(=O)n2-c2ccc(Cl)cc2)cc(OC)c1OC. The molecule has 37 heavy (non-hydrogen) atoms. The topological polar surface area (TPSA) is 104 Å². The van der Waals surface area contributed by atoms with Crippen LogP contribution in [-0.2, 0) is 4.79 Å². The number of para-hydroxylation sites is 1. The Kier molecular flexibility index (Phi) is 8.32. The van der Waals surface area contributed by atoms with Gasteiger partial charge in [-0.2, -0.15) is 5.10 Å². The summed E-state index contributed by atoms with van der Waals surface area (Å²) in [4.78, 5) is 30.5. The van der Waals surface area contributed by atoms with Crippen LogP contribution in [0, 0.1) is 0 Å². The number of methoxy groups -OCH3 is 3. The van der Waals surface area contributed by atoms with Gasteiger partial charge in [0.25, 0.3) is 11.5 Å².